The molecule has 0 aliphatic carbocycles. The number of nitrogens with one attached hydrogen (secondary N) is 3. The number of carbonyl (C=O) groups excluding carboxylic acids is 1. The molecule has 6 nitrogen and oxygen atoms in total. The van der Waals surface area contributed by atoms with E-state index >= 15 is 0 Å². The molecule has 1 aliphatic heterocycles. The number of halogens is 1. The second-order valence-corrected chi connectivity index (χ2v) is 6.35. The molecule has 1 amide bonds. The quantitative estimate of drug-likeness (QED) is 0.752. The second kappa shape index (κ2) is 5.86. The van der Waals surface area contributed by atoms with E-state index in [9.17, 15) is 17.6 Å². The lowest BCUT2D eigenvalue weighted by molar-refractivity contribution is -0.114. The summed E-state index contributed by atoms with van der Waals surface area (Å²) in [6, 6.07) is 3.13. The Bertz CT molecular complexity index is 612. The number of hydrogen-bond donors (Lipinski definition) is 3. The van der Waals surface area contributed by atoms with E-state index in [1.165, 1.54) is 13.0 Å². The highest BCUT2D eigenvalue weighted by Gasteiger charge is 2.23. The monoisotopic (exact) mass is 301 g/mol. The first-order valence-corrected chi connectivity index (χ1v) is 7.67. The van der Waals surface area contributed by atoms with Gasteiger partial charge in [0, 0.05) is 19.5 Å². The molecule has 20 heavy (non-hydrogen) atoms. The first-order valence-electron chi connectivity index (χ1n) is 6.19. The van der Waals surface area contributed by atoms with E-state index in [1.54, 1.807) is 0 Å². The SMILES string of the molecule is CC(=O)Nc1cc(S(=O)(=O)NC2CCNC2)ccc1F. The minimum Gasteiger partial charge on any atom is -0.324 e. The minimum absolute atomic E-state index is 0.0745. The maximum atomic E-state index is 13.5. The molecule has 1 atom stereocenters. The number of sulfonamides is 1. The predicted molar refractivity (Wildman–Crippen MR) is 72.3 cm³/mol. The fraction of sp³-hybridized carbons (Fsp3) is 0.417. The van der Waals surface area contributed by atoms with Crippen LogP contribution >= 0.6 is 0 Å². The Balaban J connectivity index is 2.24. The van der Waals surface area contributed by atoms with Gasteiger partial charge in [0.05, 0.1) is 10.6 Å². The predicted octanol–water partition coefficient (Wildman–Crippen LogP) is 0.424. The van der Waals surface area contributed by atoms with Crippen LogP contribution in [-0.4, -0.2) is 33.5 Å². The molecule has 0 radical (unpaired) electrons. The molecule has 3 N–H and O–H groups in total. The lowest BCUT2D eigenvalue weighted by Gasteiger charge is -2.13. The summed E-state index contributed by atoms with van der Waals surface area (Å²) in [5.74, 6) is -1.15. The van der Waals surface area contributed by atoms with Crippen molar-refractivity contribution in [3.63, 3.8) is 0 Å². The second-order valence-electron chi connectivity index (χ2n) is 4.63. The van der Waals surface area contributed by atoms with Crippen LogP contribution in [0.25, 0.3) is 0 Å². The summed E-state index contributed by atoms with van der Waals surface area (Å²) in [6.45, 7) is 2.55. The average Bonchev–Trinajstić information content (AvgIpc) is 2.83. The Morgan fingerprint density at radius 2 is 2.20 bits per heavy atom. The summed E-state index contributed by atoms with van der Waals surface area (Å²) in [5.41, 5.74) is -0.148. The fourth-order valence-corrected chi connectivity index (χ4v) is 3.30. The Kier molecular flexibility index (Phi) is 4.36. The zero-order chi connectivity index (χ0) is 14.8. The molecule has 0 bridgehead atoms. The van der Waals surface area contributed by atoms with Crippen molar-refractivity contribution in [3.8, 4) is 0 Å². The molecule has 0 spiro atoms. The van der Waals surface area contributed by atoms with E-state index in [0.717, 1.165) is 18.7 Å². The van der Waals surface area contributed by atoms with Crippen LogP contribution in [0.4, 0.5) is 10.1 Å². The van der Waals surface area contributed by atoms with Gasteiger partial charge < -0.3 is 10.6 Å². The number of anilines is 1. The summed E-state index contributed by atoms with van der Waals surface area (Å²) in [7, 11) is -3.73. The molecule has 0 saturated carbocycles. The first kappa shape index (κ1) is 14.9. The average molecular weight is 301 g/mol. The van der Waals surface area contributed by atoms with Gasteiger partial charge >= 0.3 is 0 Å². The summed E-state index contributed by atoms with van der Waals surface area (Å²) in [6.07, 6.45) is 0.707. The van der Waals surface area contributed by atoms with Crippen LogP contribution in [0.3, 0.4) is 0 Å². The van der Waals surface area contributed by atoms with Crippen LogP contribution in [0, 0.1) is 5.82 Å². The van der Waals surface area contributed by atoms with Crippen LogP contribution < -0.4 is 15.4 Å². The highest BCUT2D eigenvalue weighted by atomic mass is 32.2. The molecule has 1 aliphatic rings. The number of carbonyl (C=O) groups is 1. The summed E-state index contributed by atoms with van der Waals surface area (Å²) >= 11 is 0. The number of benzene rings is 1. The van der Waals surface area contributed by atoms with Crippen LogP contribution in [0.15, 0.2) is 23.1 Å². The van der Waals surface area contributed by atoms with E-state index in [2.05, 4.69) is 15.4 Å². The van der Waals surface area contributed by atoms with Gasteiger partial charge in [0.15, 0.2) is 0 Å². The summed E-state index contributed by atoms with van der Waals surface area (Å²) < 4.78 is 40.4. The van der Waals surface area contributed by atoms with Gasteiger partial charge in [0.2, 0.25) is 15.9 Å². The van der Waals surface area contributed by atoms with Crippen LogP contribution in [0.1, 0.15) is 13.3 Å². The van der Waals surface area contributed by atoms with Gasteiger partial charge in [-0.2, -0.15) is 0 Å². The lowest BCUT2D eigenvalue weighted by atomic mass is 10.3. The van der Waals surface area contributed by atoms with Crippen molar-refractivity contribution >= 4 is 21.6 Å². The van der Waals surface area contributed by atoms with Crippen molar-refractivity contribution < 1.29 is 17.6 Å². The van der Waals surface area contributed by atoms with Crippen molar-refractivity contribution in [2.45, 2.75) is 24.3 Å². The smallest absolute Gasteiger partial charge is 0.240 e. The van der Waals surface area contributed by atoms with Gasteiger partial charge in [-0.25, -0.2) is 17.5 Å². The standard InChI is InChI=1S/C12H16FN3O3S/c1-8(17)15-12-6-10(2-3-11(12)13)20(18,19)16-9-4-5-14-7-9/h2-3,6,9,14,16H,4-5,7H2,1H3,(H,15,17). The molecule has 1 fully saturated rings. The van der Waals surface area contributed by atoms with E-state index in [1.807, 2.05) is 0 Å². The fourth-order valence-electron chi connectivity index (χ4n) is 2.00. The highest BCUT2D eigenvalue weighted by molar-refractivity contribution is 7.89. The lowest BCUT2D eigenvalue weighted by Crippen LogP contribution is -2.36. The molecular weight excluding hydrogens is 285 g/mol. The number of amides is 1. The van der Waals surface area contributed by atoms with Crippen molar-refractivity contribution in [2.75, 3.05) is 18.4 Å². The maximum Gasteiger partial charge on any atom is 0.240 e. The van der Waals surface area contributed by atoms with Gasteiger partial charge in [0.25, 0.3) is 0 Å². The first-order chi connectivity index (χ1) is 9.38. The van der Waals surface area contributed by atoms with Crippen LogP contribution in [0.5, 0.6) is 0 Å². The Hall–Kier alpha value is -1.51. The van der Waals surface area contributed by atoms with Gasteiger partial charge in [0.1, 0.15) is 5.82 Å². The molecular formula is C12H16FN3O3S. The van der Waals surface area contributed by atoms with Crippen molar-refractivity contribution in [2.24, 2.45) is 0 Å². The third kappa shape index (κ3) is 3.53. The number of rotatable bonds is 4. The third-order valence-electron chi connectivity index (χ3n) is 2.94. The summed E-state index contributed by atoms with van der Waals surface area (Å²) in [5, 5.41) is 5.31. The van der Waals surface area contributed by atoms with E-state index in [4.69, 9.17) is 0 Å². The Morgan fingerprint density at radius 1 is 1.45 bits per heavy atom. The molecule has 2 rings (SSSR count). The van der Waals surface area contributed by atoms with Crippen molar-refractivity contribution in [3.05, 3.63) is 24.0 Å². The summed E-state index contributed by atoms with van der Waals surface area (Å²) in [4.78, 5) is 10.9. The molecule has 1 saturated heterocycles. The zero-order valence-corrected chi connectivity index (χ0v) is 11.8. The highest BCUT2D eigenvalue weighted by Crippen LogP contribution is 2.20. The zero-order valence-electron chi connectivity index (χ0n) is 10.9. The Labute approximate surface area is 116 Å². The molecule has 0 aromatic heterocycles. The molecule has 1 unspecified atom stereocenters. The minimum atomic E-state index is -3.73. The third-order valence-corrected chi connectivity index (χ3v) is 4.46. The van der Waals surface area contributed by atoms with Gasteiger partial charge in [-0.3, -0.25) is 4.79 Å². The Morgan fingerprint density at radius 3 is 2.80 bits per heavy atom. The van der Waals surface area contributed by atoms with Crippen molar-refractivity contribution in [1.29, 1.82) is 0 Å². The molecule has 1 heterocycles. The molecule has 1 aromatic rings. The molecule has 110 valence electrons. The topological polar surface area (TPSA) is 87.3 Å². The molecule has 8 heteroatoms. The van der Waals surface area contributed by atoms with E-state index in [0.29, 0.717) is 13.0 Å². The maximum absolute atomic E-state index is 13.5. The molecule has 1 aromatic carbocycles. The van der Waals surface area contributed by atoms with E-state index < -0.39 is 21.7 Å². The van der Waals surface area contributed by atoms with E-state index in [-0.39, 0.29) is 16.6 Å². The normalized spacial score (nSPS) is 19.0. The largest absolute Gasteiger partial charge is 0.324 e. The van der Waals surface area contributed by atoms with Crippen LogP contribution in [0.2, 0.25) is 0 Å². The van der Waals surface area contributed by atoms with Gasteiger partial charge in [-0.1, -0.05) is 0 Å². The van der Waals surface area contributed by atoms with Gasteiger partial charge in [-0.15, -0.1) is 0 Å². The van der Waals surface area contributed by atoms with Gasteiger partial charge in [-0.05, 0) is 31.2 Å². The van der Waals surface area contributed by atoms with Crippen molar-refractivity contribution in [1.82, 2.24) is 10.0 Å². The van der Waals surface area contributed by atoms with Crippen LogP contribution in [-0.2, 0) is 14.8 Å². The number of hydrogen-bond acceptors (Lipinski definition) is 4.